The van der Waals surface area contributed by atoms with E-state index in [2.05, 4.69) is 4.98 Å². The van der Waals surface area contributed by atoms with Gasteiger partial charge in [0.25, 0.3) is 5.56 Å². The molecule has 136 valence electrons. The topological polar surface area (TPSA) is 44.1 Å². The van der Waals surface area contributed by atoms with E-state index in [4.69, 9.17) is 16.3 Å². The van der Waals surface area contributed by atoms with Gasteiger partial charge in [0.05, 0.1) is 17.7 Å². The van der Waals surface area contributed by atoms with E-state index >= 15 is 0 Å². The van der Waals surface area contributed by atoms with Crippen molar-refractivity contribution >= 4 is 11.6 Å². The molecule has 1 aromatic carbocycles. The third-order valence-electron chi connectivity index (χ3n) is 3.25. The Hall–Kier alpha value is -2.23. The second-order valence-electron chi connectivity index (χ2n) is 4.87. The number of halogens is 7. The summed E-state index contributed by atoms with van der Waals surface area (Å²) in [6.45, 7) is 0. The highest BCUT2D eigenvalue weighted by Crippen LogP contribution is 2.38. The van der Waals surface area contributed by atoms with E-state index in [1.54, 1.807) is 0 Å². The van der Waals surface area contributed by atoms with Gasteiger partial charge in [-0.05, 0) is 17.7 Å². The lowest BCUT2D eigenvalue weighted by Gasteiger charge is -2.18. The lowest BCUT2D eigenvalue weighted by atomic mass is 10.0. The van der Waals surface area contributed by atoms with Crippen LogP contribution in [0.1, 0.15) is 11.5 Å². The molecular formula is C14H9ClF6N2O2. The van der Waals surface area contributed by atoms with Crippen LogP contribution in [-0.4, -0.2) is 16.7 Å². The Bertz CT molecular complexity index is 873. The predicted octanol–water partition coefficient (Wildman–Crippen LogP) is 4.15. The first-order valence-corrected chi connectivity index (χ1v) is 6.85. The van der Waals surface area contributed by atoms with Crippen molar-refractivity contribution in [1.29, 1.82) is 0 Å². The first-order chi connectivity index (χ1) is 11.4. The molecule has 25 heavy (non-hydrogen) atoms. The number of methoxy groups -OCH3 is 1. The molecule has 4 nitrogen and oxygen atoms in total. The monoisotopic (exact) mass is 386 g/mol. The highest BCUT2D eigenvalue weighted by atomic mass is 35.5. The number of rotatable bonds is 2. The fourth-order valence-corrected chi connectivity index (χ4v) is 2.33. The zero-order chi connectivity index (χ0) is 19.2. The number of alkyl halides is 6. The molecule has 11 heteroatoms. The fraction of sp³-hybridized carbons (Fsp3) is 0.286. The molecule has 0 aliphatic carbocycles. The summed E-state index contributed by atoms with van der Waals surface area (Å²) >= 11 is 5.77. The predicted molar refractivity (Wildman–Crippen MR) is 76.5 cm³/mol. The van der Waals surface area contributed by atoms with Gasteiger partial charge >= 0.3 is 12.4 Å². The van der Waals surface area contributed by atoms with Gasteiger partial charge in [-0.25, -0.2) is 4.98 Å². The maximum atomic E-state index is 13.2. The van der Waals surface area contributed by atoms with Gasteiger partial charge in [-0.1, -0.05) is 17.7 Å². The molecule has 0 aliphatic heterocycles. The molecule has 0 bridgehead atoms. The summed E-state index contributed by atoms with van der Waals surface area (Å²) in [6, 6.07) is 3.24. The van der Waals surface area contributed by atoms with Crippen LogP contribution < -0.4 is 10.3 Å². The second kappa shape index (κ2) is 6.25. The van der Waals surface area contributed by atoms with Gasteiger partial charge in [-0.15, -0.1) is 0 Å². The molecule has 0 aliphatic rings. The molecule has 0 fully saturated rings. The first kappa shape index (κ1) is 19.1. The average Bonchev–Trinajstić information content (AvgIpc) is 2.48. The number of ether oxygens (including phenoxy) is 1. The van der Waals surface area contributed by atoms with Crippen LogP contribution in [0, 0.1) is 0 Å². The van der Waals surface area contributed by atoms with Crippen molar-refractivity contribution in [2.24, 2.45) is 7.05 Å². The van der Waals surface area contributed by atoms with Crippen molar-refractivity contribution in [3.8, 4) is 16.9 Å². The third-order valence-corrected chi connectivity index (χ3v) is 3.56. The number of hydrogen-bond acceptors (Lipinski definition) is 3. The van der Waals surface area contributed by atoms with E-state index in [-0.39, 0.29) is 20.9 Å². The van der Waals surface area contributed by atoms with Crippen LogP contribution in [0.25, 0.3) is 11.1 Å². The Morgan fingerprint density at radius 2 is 1.72 bits per heavy atom. The van der Waals surface area contributed by atoms with Crippen molar-refractivity contribution in [1.82, 2.24) is 9.55 Å². The SMILES string of the molecule is COc1cc(-c2c(C(F)(F)F)nc(C(F)(F)F)n(C)c2=O)ccc1Cl. The first-order valence-electron chi connectivity index (χ1n) is 6.47. The van der Waals surface area contributed by atoms with Crippen molar-refractivity contribution in [3.05, 3.63) is 45.1 Å². The lowest BCUT2D eigenvalue weighted by Crippen LogP contribution is -2.32. The molecule has 0 spiro atoms. The minimum atomic E-state index is -5.28. The van der Waals surface area contributed by atoms with Gasteiger partial charge in [0, 0.05) is 7.05 Å². The largest absolute Gasteiger partial charge is 0.495 e. The van der Waals surface area contributed by atoms with Crippen molar-refractivity contribution in [2.45, 2.75) is 12.4 Å². The molecule has 2 rings (SSSR count). The Morgan fingerprint density at radius 1 is 1.12 bits per heavy atom. The molecular weight excluding hydrogens is 378 g/mol. The summed E-state index contributed by atoms with van der Waals surface area (Å²) in [7, 11) is 1.88. The van der Waals surface area contributed by atoms with Crippen LogP contribution in [0.2, 0.25) is 5.02 Å². The van der Waals surface area contributed by atoms with Crippen LogP contribution in [0.15, 0.2) is 23.0 Å². The maximum Gasteiger partial charge on any atom is 0.449 e. The summed E-state index contributed by atoms with van der Waals surface area (Å²) in [6.07, 6.45) is -10.5. The molecule has 1 heterocycles. The van der Waals surface area contributed by atoms with Gasteiger partial charge in [0.15, 0.2) is 5.69 Å². The molecule has 0 radical (unpaired) electrons. The molecule has 0 N–H and O–H groups in total. The van der Waals surface area contributed by atoms with Crippen molar-refractivity contribution in [2.75, 3.05) is 7.11 Å². The number of aromatic nitrogens is 2. The van der Waals surface area contributed by atoms with Gasteiger partial charge in [0.2, 0.25) is 5.82 Å². The normalized spacial score (nSPS) is 12.4. The molecule has 0 saturated carbocycles. The number of nitrogens with zero attached hydrogens (tertiary/aromatic N) is 2. The van der Waals surface area contributed by atoms with E-state index in [9.17, 15) is 31.1 Å². The van der Waals surface area contributed by atoms with Crippen LogP contribution in [0.4, 0.5) is 26.3 Å². The molecule has 2 aromatic rings. The summed E-state index contributed by atoms with van der Waals surface area (Å²) in [5, 5.41) is 0.0523. The molecule has 0 unspecified atom stereocenters. The van der Waals surface area contributed by atoms with E-state index in [1.165, 1.54) is 7.11 Å². The summed E-state index contributed by atoms with van der Waals surface area (Å²) in [5.74, 6) is -2.00. The zero-order valence-corrected chi connectivity index (χ0v) is 13.3. The van der Waals surface area contributed by atoms with Crippen molar-refractivity contribution < 1.29 is 31.1 Å². The Morgan fingerprint density at radius 3 is 2.20 bits per heavy atom. The fourth-order valence-electron chi connectivity index (χ4n) is 2.14. The number of hydrogen-bond donors (Lipinski definition) is 0. The summed E-state index contributed by atoms with van der Waals surface area (Å²) in [5.41, 5.74) is -4.79. The van der Waals surface area contributed by atoms with E-state index in [0.717, 1.165) is 18.2 Å². The molecule has 0 atom stereocenters. The summed E-state index contributed by atoms with van der Waals surface area (Å²) in [4.78, 5) is 14.9. The molecule has 0 amide bonds. The lowest BCUT2D eigenvalue weighted by molar-refractivity contribution is -0.154. The second-order valence-corrected chi connectivity index (χ2v) is 5.28. The zero-order valence-electron chi connectivity index (χ0n) is 12.6. The smallest absolute Gasteiger partial charge is 0.449 e. The third kappa shape index (κ3) is 3.58. The van der Waals surface area contributed by atoms with Gasteiger partial charge in [-0.2, -0.15) is 26.3 Å². The highest BCUT2D eigenvalue weighted by Gasteiger charge is 2.43. The summed E-state index contributed by atoms with van der Waals surface area (Å²) < 4.78 is 83.2. The van der Waals surface area contributed by atoms with Crippen LogP contribution in [0.3, 0.4) is 0 Å². The molecule has 1 aromatic heterocycles. The van der Waals surface area contributed by atoms with E-state index in [1.807, 2.05) is 0 Å². The quantitative estimate of drug-likeness (QED) is 0.728. The highest BCUT2D eigenvalue weighted by molar-refractivity contribution is 6.32. The van der Waals surface area contributed by atoms with Gasteiger partial charge < -0.3 is 4.74 Å². The minimum Gasteiger partial charge on any atom is -0.495 e. The maximum absolute atomic E-state index is 13.2. The average molecular weight is 387 g/mol. The Balaban J connectivity index is 2.91. The Labute approximate surface area is 141 Å². The van der Waals surface area contributed by atoms with Gasteiger partial charge in [-0.3, -0.25) is 9.36 Å². The van der Waals surface area contributed by atoms with Crippen LogP contribution in [-0.2, 0) is 19.4 Å². The van der Waals surface area contributed by atoms with E-state index < -0.39 is 35.0 Å². The van der Waals surface area contributed by atoms with Crippen molar-refractivity contribution in [3.63, 3.8) is 0 Å². The Kier molecular flexibility index (Phi) is 4.77. The molecule has 0 saturated heterocycles. The van der Waals surface area contributed by atoms with Crippen LogP contribution >= 0.6 is 11.6 Å². The number of benzene rings is 1. The van der Waals surface area contributed by atoms with E-state index in [0.29, 0.717) is 7.05 Å². The standard InChI is InChI=1S/C14H9ClF6N2O2/c1-23-11(24)9(6-3-4-7(15)8(5-6)25-2)10(13(16,17)18)22-12(23)14(19,20)21/h3-5H,1-2H3. The minimum absolute atomic E-state index is 0.0195. The van der Waals surface area contributed by atoms with Gasteiger partial charge in [0.1, 0.15) is 5.75 Å². The van der Waals surface area contributed by atoms with Crippen LogP contribution in [0.5, 0.6) is 5.75 Å².